The Morgan fingerprint density at radius 1 is 1.37 bits per heavy atom. The van der Waals surface area contributed by atoms with E-state index in [2.05, 4.69) is 10.6 Å². The van der Waals surface area contributed by atoms with E-state index in [1.165, 1.54) is 5.75 Å². The first-order valence-electron chi connectivity index (χ1n) is 6.45. The molecule has 1 aliphatic heterocycles. The van der Waals surface area contributed by atoms with Crippen molar-refractivity contribution in [2.45, 2.75) is 31.6 Å². The van der Waals surface area contributed by atoms with Crippen LogP contribution in [0.4, 0.5) is 4.79 Å². The van der Waals surface area contributed by atoms with Crippen LogP contribution in [0.25, 0.3) is 0 Å². The number of hydrogen-bond acceptors (Lipinski definition) is 4. The molecule has 1 unspecified atom stereocenters. The lowest BCUT2D eigenvalue weighted by atomic mass is 10.0. The van der Waals surface area contributed by atoms with Gasteiger partial charge in [0.2, 0.25) is 0 Å². The van der Waals surface area contributed by atoms with Gasteiger partial charge in [-0.3, -0.25) is 0 Å². The van der Waals surface area contributed by atoms with E-state index >= 15 is 0 Å². The lowest BCUT2D eigenvalue weighted by Crippen LogP contribution is -2.48. The average molecular weight is 306 g/mol. The lowest BCUT2D eigenvalue weighted by Gasteiger charge is -2.22. The molecule has 0 aliphatic carbocycles. The summed E-state index contributed by atoms with van der Waals surface area (Å²) in [4.78, 5) is 22.7. The monoisotopic (exact) mass is 306 g/mol. The Bertz CT molecular complexity index is 307. The molecule has 7 heteroatoms. The molecule has 0 saturated carbocycles. The van der Waals surface area contributed by atoms with Gasteiger partial charge in [-0.05, 0) is 12.3 Å². The zero-order valence-corrected chi connectivity index (χ0v) is 13.0. The molecule has 0 bridgehead atoms. The normalized spacial score (nSPS) is 20.9. The smallest absolute Gasteiger partial charge is 0.326 e. The summed E-state index contributed by atoms with van der Waals surface area (Å²) in [6.45, 7) is 4.47. The molecule has 3 N–H and O–H groups in total. The molecule has 0 aromatic carbocycles. The molecule has 0 aromatic rings. The van der Waals surface area contributed by atoms with Crippen molar-refractivity contribution in [2.24, 2.45) is 5.92 Å². The van der Waals surface area contributed by atoms with E-state index in [0.29, 0.717) is 18.2 Å². The first-order valence-corrected chi connectivity index (χ1v) is 8.66. The fraction of sp³-hybridized carbons (Fsp3) is 0.833. The van der Waals surface area contributed by atoms with Crippen molar-refractivity contribution in [1.29, 1.82) is 0 Å². The van der Waals surface area contributed by atoms with Crippen molar-refractivity contribution in [3.63, 3.8) is 0 Å². The predicted molar refractivity (Wildman–Crippen MR) is 81.0 cm³/mol. The molecule has 1 aliphatic rings. The highest BCUT2D eigenvalue weighted by atomic mass is 32.2. The summed E-state index contributed by atoms with van der Waals surface area (Å²) in [5.74, 6) is 2.57. The molecular formula is C12H22N2O3S2. The highest BCUT2D eigenvalue weighted by Gasteiger charge is 2.21. The molecule has 0 spiro atoms. The van der Waals surface area contributed by atoms with Crippen molar-refractivity contribution in [2.75, 3.05) is 23.8 Å². The Morgan fingerprint density at radius 2 is 2.11 bits per heavy atom. The van der Waals surface area contributed by atoms with E-state index in [-0.39, 0.29) is 11.9 Å². The van der Waals surface area contributed by atoms with Gasteiger partial charge < -0.3 is 15.7 Å². The van der Waals surface area contributed by atoms with Crippen LogP contribution in [0.5, 0.6) is 0 Å². The van der Waals surface area contributed by atoms with Crippen molar-refractivity contribution >= 4 is 35.5 Å². The standard InChI is InChI=1S/C12H22N2O3S2/c1-8(2)5-10(11(15)16)14-12(17)13-6-9-7-18-3-4-19-9/h8-10H,3-7H2,1-2H3,(H,15,16)(H2,13,14,17)/t9?,10-/m0/s1. The summed E-state index contributed by atoms with van der Waals surface area (Å²) in [7, 11) is 0. The van der Waals surface area contributed by atoms with Gasteiger partial charge in [-0.25, -0.2) is 9.59 Å². The second-order valence-corrected chi connectivity index (χ2v) is 7.50. The minimum absolute atomic E-state index is 0.228. The molecule has 0 radical (unpaired) electrons. The summed E-state index contributed by atoms with van der Waals surface area (Å²) < 4.78 is 0. The van der Waals surface area contributed by atoms with Gasteiger partial charge in [0.05, 0.1) is 0 Å². The number of carboxylic acid groups (broad SMARTS) is 1. The van der Waals surface area contributed by atoms with Gasteiger partial charge in [0.1, 0.15) is 6.04 Å². The topological polar surface area (TPSA) is 78.4 Å². The van der Waals surface area contributed by atoms with Gasteiger partial charge >= 0.3 is 12.0 Å². The fourth-order valence-corrected chi connectivity index (χ4v) is 4.37. The van der Waals surface area contributed by atoms with E-state index < -0.39 is 12.0 Å². The molecular weight excluding hydrogens is 284 g/mol. The van der Waals surface area contributed by atoms with Crippen LogP contribution in [0, 0.1) is 5.92 Å². The van der Waals surface area contributed by atoms with E-state index in [9.17, 15) is 9.59 Å². The number of thioether (sulfide) groups is 2. The minimum Gasteiger partial charge on any atom is -0.480 e. The highest BCUT2D eigenvalue weighted by Crippen LogP contribution is 2.23. The summed E-state index contributed by atoms with van der Waals surface area (Å²) in [5, 5.41) is 14.8. The number of carbonyl (C=O) groups is 2. The van der Waals surface area contributed by atoms with E-state index in [1.807, 2.05) is 37.4 Å². The molecule has 2 amide bonds. The van der Waals surface area contributed by atoms with Crippen LogP contribution < -0.4 is 10.6 Å². The fourth-order valence-electron chi connectivity index (χ4n) is 1.76. The third-order valence-corrected chi connectivity index (χ3v) is 5.53. The number of carboxylic acids is 1. The summed E-state index contributed by atoms with van der Waals surface area (Å²) in [6.07, 6.45) is 0.441. The van der Waals surface area contributed by atoms with Gasteiger partial charge in [-0.15, -0.1) is 0 Å². The number of nitrogens with one attached hydrogen (secondary N) is 2. The van der Waals surface area contributed by atoms with Crippen LogP contribution in [0.3, 0.4) is 0 Å². The van der Waals surface area contributed by atoms with Crippen LogP contribution in [0.2, 0.25) is 0 Å². The molecule has 19 heavy (non-hydrogen) atoms. The maximum Gasteiger partial charge on any atom is 0.326 e. The molecule has 2 atom stereocenters. The zero-order chi connectivity index (χ0) is 14.3. The summed E-state index contributed by atoms with van der Waals surface area (Å²) >= 11 is 3.76. The Kier molecular flexibility index (Phi) is 7.45. The first kappa shape index (κ1) is 16.5. The highest BCUT2D eigenvalue weighted by molar-refractivity contribution is 8.06. The SMILES string of the molecule is CC(C)C[C@H](NC(=O)NCC1CSCCS1)C(=O)O. The Morgan fingerprint density at radius 3 is 2.63 bits per heavy atom. The minimum atomic E-state index is -0.980. The molecule has 1 saturated heterocycles. The lowest BCUT2D eigenvalue weighted by molar-refractivity contribution is -0.139. The molecule has 5 nitrogen and oxygen atoms in total. The molecule has 1 heterocycles. The van der Waals surface area contributed by atoms with Crippen LogP contribution in [-0.2, 0) is 4.79 Å². The number of urea groups is 1. The van der Waals surface area contributed by atoms with Crippen molar-refractivity contribution in [3.8, 4) is 0 Å². The van der Waals surface area contributed by atoms with Gasteiger partial charge in [0.25, 0.3) is 0 Å². The third-order valence-electron chi connectivity index (χ3n) is 2.69. The maximum atomic E-state index is 11.7. The van der Waals surface area contributed by atoms with Gasteiger partial charge in [-0.1, -0.05) is 13.8 Å². The quantitative estimate of drug-likeness (QED) is 0.695. The van der Waals surface area contributed by atoms with E-state index in [4.69, 9.17) is 5.11 Å². The Hall–Kier alpha value is -0.560. The van der Waals surface area contributed by atoms with Gasteiger partial charge in [0.15, 0.2) is 0 Å². The number of carbonyl (C=O) groups excluding carboxylic acids is 1. The van der Waals surface area contributed by atoms with Crippen LogP contribution >= 0.6 is 23.5 Å². The largest absolute Gasteiger partial charge is 0.480 e. The van der Waals surface area contributed by atoms with E-state index in [1.54, 1.807) is 0 Å². The number of rotatable bonds is 6. The second-order valence-electron chi connectivity index (χ2n) is 4.94. The van der Waals surface area contributed by atoms with Crippen LogP contribution in [0.1, 0.15) is 20.3 Å². The van der Waals surface area contributed by atoms with Crippen molar-refractivity contribution in [1.82, 2.24) is 10.6 Å². The average Bonchev–Trinajstić information content (AvgIpc) is 2.36. The number of aliphatic carboxylic acids is 1. The first-order chi connectivity index (χ1) is 8.99. The molecule has 0 aromatic heterocycles. The van der Waals surface area contributed by atoms with Crippen molar-refractivity contribution in [3.05, 3.63) is 0 Å². The second kappa shape index (κ2) is 8.58. The third kappa shape index (κ3) is 6.96. The van der Waals surface area contributed by atoms with Gasteiger partial charge in [-0.2, -0.15) is 23.5 Å². The van der Waals surface area contributed by atoms with Gasteiger partial charge in [0, 0.05) is 29.1 Å². The molecule has 1 fully saturated rings. The van der Waals surface area contributed by atoms with Crippen LogP contribution in [0.15, 0.2) is 0 Å². The zero-order valence-electron chi connectivity index (χ0n) is 11.3. The number of hydrogen-bond donors (Lipinski definition) is 3. The Balaban J connectivity index is 2.29. The van der Waals surface area contributed by atoms with Crippen LogP contribution in [-0.4, -0.2) is 52.2 Å². The number of amides is 2. The molecule has 110 valence electrons. The predicted octanol–water partition coefficient (Wildman–Crippen LogP) is 1.63. The summed E-state index contributed by atoms with van der Waals surface area (Å²) in [5.41, 5.74) is 0. The van der Waals surface area contributed by atoms with Crippen molar-refractivity contribution < 1.29 is 14.7 Å². The summed E-state index contributed by atoms with van der Waals surface area (Å²) in [6, 6.07) is -1.20. The molecule has 1 rings (SSSR count). The maximum absolute atomic E-state index is 11.7. The Labute approximate surface area is 122 Å². The van der Waals surface area contributed by atoms with E-state index in [0.717, 1.165) is 11.5 Å².